The van der Waals surface area contributed by atoms with Crippen LogP contribution in [0, 0.1) is 5.92 Å². The number of morpholine rings is 1. The van der Waals surface area contributed by atoms with E-state index in [1.165, 1.54) is 0 Å². The summed E-state index contributed by atoms with van der Waals surface area (Å²) in [7, 11) is 0. The zero-order chi connectivity index (χ0) is 18.5. The van der Waals surface area contributed by atoms with E-state index < -0.39 is 11.9 Å². The van der Waals surface area contributed by atoms with E-state index in [9.17, 15) is 9.59 Å². The molecule has 1 aliphatic rings. The molecular weight excluding hydrogens is 322 g/mol. The summed E-state index contributed by atoms with van der Waals surface area (Å²) in [6.07, 6.45) is 6.06. The van der Waals surface area contributed by atoms with Gasteiger partial charge in [-0.25, -0.2) is 9.59 Å². The highest BCUT2D eigenvalue weighted by Gasteiger charge is 2.14. The summed E-state index contributed by atoms with van der Waals surface area (Å²) in [5, 5.41) is 8.95. The Kier molecular flexibility index (Phi) is 11.2. The molecule has 0 aromatic rings. The first kappa shape index (κ1) is 21.6. The summed E-state index contributed by atoms with van der Waals surface area (Å²) in [6, 6.07) is 0. The van der Waals surface area contributed by atoms with Gasteiger partial charge in [0, 0.05) is 24.7 Å². The number of nitrogens with zero attached hydrogens (tertiary/aromatic N) is 1. The van der Waals surface area contributed by atoms with Crippen molar-refractivity contribution in [2.24, 2.45) is 5.92 Å². The monoisotopic (exact) mass is 355 g/mol. The van der Waals surface area contributed by atoms with Crippen molar-refractivity contribution < 1.29 is 24.2 Å². The molecular formula is C19H33NO5. The van der Waals surface area contributed by atoms with Gasteiger partial charge in [-0.2, -0.15) is 0 Å². The van der Waals surface area contributed by atoms with Crippen molar-refractivity contribution in [1.82, 2.24) is 4.90 Å². The summed E-state index contributed by atoms with van der Waals surface area (Å²) >= 11 is 0. The van der Waals surface area contributed by atoms with Crippen LogP contribution < -0.4 is 0 Å². The van der Waals surface area contributed by atoms with Crippen molar-refractivity contribution in [3.05, 3.63) is 11.6 Å². The SMILES string of the molecule is CC(C)CCCOC(=O)/C(=C/C(=O)O)CCCCCN1CCOCC1. The molecule has 1 rings (SSSR count). The van der Waals surface area contributed by atoms with Crippen LogP contribution in [0.1, 0.15) is 52.4 Å². The highest BCUT2D eigenvalue weighted by atomic mass is 16.5. The Morgan fingerprint density at radius 2 is 1.88 bits per heavy atom. The largest absolute Gasteiger partial charge is 0.478 e. The van der Waals surface area contributed by atoms with Crippen molar-refractivity contribution in [2.75, 3.05) is 39.5 Å². The molecule has 0 saturated carbocycles. The Labute approximate surface area is 151 Å². The standard InChI is InChI=1S/C19H33NO5/c1-16(2)7-6-12-25-19(23)17(15-18(21)22)8-4-3-5-9-20-10-13-24-14-11-20/h15-16H,3-14H2,1-2H3,(H,21,22)/b17-15+. The molecule has 1 heterocycles. The lowest BCUT2D eigenvalue weighted by Crippen LogP contribution is -2.36. The number of hydrogen-bond donors (Lipinski definition) is 1. The lowest BCUT2D eigenvalue weighted by molar-refractivity contribution is -0.140. The fourth-order valence-electron chi connectivity index (χ4n) is 2.78. The Morgan fingerprint density at radius 3 is 2.52 bits per heavy atom. The van der Waals surface area contributed by atoms with E-state index in [4.69, 9.17) is 14.6 Å². The molecule has 1 fully saturated rings. The van der Waals surface area contributed by atoms with Gasteiger partial charge in [0.15, 0.2) is 0 Å². The van der Waals surface area contributed by atoms with Crippen molar-refractivity contribution in [1.29, 1.82) is 0 Å². The first-order valence-electron chi connectivity index (χ1n) is 9.39. The third kappa shape index (κ3) is 10.9. The average molecular weight is 355 g/mol. The average Bonchev–Trinajstić information content (AvgIpc) is 2.57. The van der Waals surface area contributed by atoms with Crippen LogP contribution in [0.3, 0.4) is 0 Å². The minimum absolute atomic E-state index is 0.267. The van der Waals surface area contributed by atoms with Crippen LogP contribution in [0.25, 0.3) is 0 Å². The molecule has 0 aliphatic carbocycles. The maximum Gasteiger partial charge on any atom is 0.334 e. The second kappa shape index (κ2) is 12.9. The number of carbonyl (C=O) groups is 2. The Bertz CT molecular complexity index is 428. The minimum Gasteiger partial charge on any atom is -0.478 e. The maximum absolute atomic E-state index is 12.1. The molecule has 0 unspecified atom stereocenters. The van der Waals surface area contributed by atoms with Crippen molar-refractivity contribution >= 4 is 11.9 Å². The van der Waals surface area contributed by atoms with Gasteiger partial charge in [0.2, 0.25) is 0 Å². The van der Waals surface area contributed by atoms with E-state index in [1.807, 2.05) is 0 Å². The molecule has 0 aromatic carbocycles. The smallest absolute Gasteiger partial charge is 0.334 e. The maximum atomic E-state index is 12.1. The Hall–Kier alpha value is -1.40. The molecule has 0 amide bonds. The summed E-state index contributed by atoms with van der Waals surface area (Å²) in [5.74, 6) is -1.01. The molecule has 144 valence electrons. The van der Waals surface area contributed by atoms with Gasteiger partial charge in [-0.05, 0) is 44.6 Å². The minimum atomic E-state index is -1.09. The Balaban J connectivity index is 2.25. The van der Waals surface area contributed by atoms with Crippen molar-refractivity contribution in [3.63, 3.8) is 0 Å². The highest BCUT2D eigenvalue weighted by molar-refractivity contribution is 5.95. The van der Waals surface area contributed by atoms with Crippen LogP contribution in [0.2, 0.25) is 0 Å². The van der Waals surface area contributed by atoms with Gasteiger partial charge in [0.25, 0.3) is 0 Å². The van der Waals surface area contributed by atoms with Gasteiger partial charge < -0.3 is 14.6 Å². The number of aliphatic carboxylic acids is 1. The zero-order valence-corrected chi connectivity index (χ0v) is 15.7. The van der Waals surface area contributed by atoms with Gasteiger partial charge in [0.1, 0.15) is 0 Å². The number of ether oxygens (including phenoxy) is 2. The number of carboxylic acids is 1. The van der Waals surface area contributed by atoms with E-state index in [-0.39, 0.29) is 5.57 Å². The summed E-state index contributed by atoms with van der Waals surface area (Å²) in [4.78, 5) is 25.4. The van der Waals surface area contributed by atoms with Gasteiger partial charge in [-0.1, -0.05) is 20.3 Å². The molecule has 0 radical (unpaired) electrons. The molecule has 6 heteroatoms. The predicted octanol–water partition coefficient (Wildman–Crippen LogP) is 2.87. The van der Waals surface area contributed by atoms with Gasteiger partial charge in [0.05, 0.1) is 19.8 Å². The van der Waals surface area contributed by atoms with E-state index in [0.717, 1.165) is 71.0 Å². The van der Waals surface area contributed by atoms with Crippen molar-refractivity contribution in [3.8, 4) is 0 Å². The number of unbranched alkanes of at least 4 members (excludes halogenated alkanes) is 2. The first-order chi connectivity index (χ1) is 12.0. The van der Waals surface area contributed by atoms with Crippen LogP contribution in [0.4, 0.5) is 0 Å². The third-order valence-electron chi connectivity index (χ3n) is 4.24. The number of carbonyl (C=O) groups excluding carboxylic acids is 1. The second-order valence-corrected chi connectivity index (χ2v) is 6.94. The quantitative estimate of drug-likeness (QED) is 0.330. The van der Waals surface area contributed by atoms with Crippen molar-refractivity contribution in [2.45, 2.75) is 52.4 Å². The molecule has 0 aromatic heterocycles. The van der Waals surface area contributed by atoms with Gasteiger partial charge >= 0.3 is 11.9 Å². The lowest BCUT2D eigenvalue weighted by atomic mass is 10.1. The van der Waals surface area contributed by atoms with E-state index in [1.54, 1.807) is 0 Å². The molecule has 1 N–H and O–H groups in total. The molecule has 1 saturated heterocycles. The fraction of sp³-hybridized carbons (Fsp3) is 0.789. The topological polar surface area (TPSA) is 76.1 Å². The van der Waals surface area contributed by atoms with Crippen LogP contribution >= 0.6 is 0 Å². The predicted molar refractivity (Wildman–Crippen MR) is 96.5 cm³/mol. The van der Waals surface area contributed by atoms with Crippen LogP contribution in [0.15, 0.2) is 11.6 Å². The van der Waals surface area contributed by atoms with Crippen LogP contribution in [-0.4, -0.2) is 61.4 Å². The zero-order valence-electron chi connectivity index (χ0n) is 15.7. The summed E-state index contributed by atoms with van der Waals surface area (Å²) in [5.41, 5.74) is 0.267. The normalized spacial score (nSPS) is 16.2. The fourth-order valence-corrected chi connectivity index (χ4v) is 2.78. The van der Waals surface area contributed by atoms with Gasteiger partial charge in [-0.3, -0.25) is 4.90 Å². The van der Waals surface area contributed by atoms with E-state index in [0.29, 0.717) is 18.9 Å². The van der Waals surface area contributed by atoms with E-state index in [2.05, 4.69) is 18.7 Å². The summed E-state index contributed by atoms with van der Waals surface area (Å²) < 4.78 is 10.5. The number of rotatable bonds is 12. The van der Waals surface area contributed by atoms with E-state index >= 15 is 0 Å². The summed E-state index contributed by atoms with van der Waals surface area (Å²) in [6.45, 7) is 9.18. The Morgan fingerprint density at radius 1 is 1.16 bits per heavy atom. The number of esters is 1. The third-order valence-corrected chi connectivity index (χ3v) is 4.24. The molecule has 0 bridgehead atoms. The number of carboxylic acid groups (broad SMARTS) is 1. The lowest BCUT2D eigenvalue weighted by Gasteiger charge is -2.26. The number of hydrogen-bond acceptors (Lipinski definition) is 5. The van der Waals surface area contributed by atoms with Gasteiger partial charge in [-0.15, -0.1) is 0 Å². The highest BCUT2D eigenvalue weighted by Crippen LogP contribution is 2.13. The van der Waals surface area contributed by atoms with Crippen LogP contribution in [-0.2, 0) is 19.1 Å². The molecule has 0 spiro atoms. The molecule has 0 atom stereocenters. The van der Waals surface area contributed by atoms with Crippen LogP contribution in [0.5, 0.6) is 0 Å². The first-order valence-corrected chi connectivity index (χ1v) is 9.39. The molecule has 1 aliphatic heterocycles. The molecule has 25 heavy (non-hydrogen) atoms. The second-order valence-electron chi connectivity index (χ2n) is 6.94. The molecule has 6 nitrogen and oxygen atoms in total.